The highest BCUT2D eigenvalue weighted by molar-refractivity contribution is 5.60. The summed E-state index contributed by atoms with van der Waals surface area (Å²) in [5.74, 6) is 0.470. The van der Waals surface area contributed by atoms with E-state index in [1.807, 2.05) is 24.4 Å². The van der Waals surface area contributed by atoms with E-state index >= 15 is 0 Å². The minimum Gasteiger partial charge on any atom is -0.457 e. The molecule has 1 heterocycles. The maximum absolute atomic E-state index is 13.4. The van der Waals surface area contributed by atoms with E-state index in [9.17, 15) is 4.39 Å². The summed E-state index contributed by atoms with van der Waals surface area (Å²) in [7, 11) is 1.80. The summed E-state index contributed by atoms with van der Waals surface area (Å²) in [4.78, 5) is 0. The highest BCUT2D eigenvalue weighted by Crippen LogP contribution is 2.27. The molecular formula is C15H13FN4O. The summed E-state index contributed by atoms with van der Waals surface area (Å²) < 4.78 is 20.7. The van der Waals surface area contributed by atoms with Crippen molar-refractivity contribution < 1.29 is 9.13 Å². The monoisotopic (exact) mass is 284 g/mol. The topological polar surface area (TPSA) is 66.0 Å². The number of hydrogen-bond donors (Lipinski definition) is 1. The number of ether oxygens (including phenoxy) is 1. The molecule has 0 aliphatic carbocycles. The Morgan fingerprint density at radius 1 is 1.14 bits per heavy atom. The Labute approximate surface area is 120 Å². The van der Waals surface area contributed by atoms with Gasteiger partial charge in [-0.25, -0.2) is 4.39 Å². The van der Waals surface area contributed by atoms with Crippen LogP contribution in [0, 0.1) is 5.82 Å². The summed E-state index contributed by atoms with van der Waals surface area (Å²) in [6, 6.07) is 11.7. The van der Waals surface area contributed by atoms with E-state index in [4.69, 9.17) is 10.5 Å². The molecule has 0 saturated carbocycles. The molecule has 0 radical (unpaired) electrons. The minimum absolute atomic E-state index is 0.0932. The van der Waals surface area contributed by atoms with Crippen LogP contribution >= 0.6 is 0 Å². The predicted molar refractivity (Wildman–Crippen MR) is 77.3 cm³/mol. The molecule has 106 valence electrons. The second-order valence-electron chi connectivity index (χ2n) is 4.59. The average molecular weight is 284 g/mol. The molecule has 3 aromatic rings. The van der Waals surface area contributed by atoms with Gasteiger partial charge in [-0.1, -0.05) is 17.3 Å². The fourth-order valence-electron chi connectivity index (χ4n) is 1.91. The van der Waals surface area contributed by atoms with Crippen molar-refractivity contribution in [1.29, 1.82) is 0 Å². The fourth-order valence-corrected chi connectivity index (χ4v) is 1.91. The van der Waals surface area contributed by atoms with Crippen LogP contribution in [-0.2, 0) is 7.05 Å². The van der Waals surface area contributed by atoms with Crippen LogP contribution in [0.3, 0.4) is 0 Å². The molecule has 2 N–H and O–H groups in total. The van der Waals surface area contributed by atoms with Crippen LogP contribution in [0.5, 0.6) is 11.5 Å². The number of benzene rings is 2. The third-order valence-electron chi connectivity index (χ3n) is 2.94. The Balaban J connectivity index is 1.87. The molecule has 2 aromatic carbocycles. The van der Waals surface area contributed by atoms with Crippen LogP contribution in [0.15, 0.2) is 48.7 Å². The van der Waals surface area contributed by atoms with Crippen molar-refractivity contribution in [3.05, 3.63) is 54.5 Å². The summed E-state index contributed by atoms with van der Waals surface area (Å²) in [6.45, 7) is 0. The number of nitrogen functional groups attached to an aromatic ring is 1. The molecule has 0 aliphatic rings. The Hall–Kier alpha value is -2.89. The zero-order chi connectivity index (χ0) is 14.8. The molecule has 3 rings (SSSR count). The molecule has 6 heteroatoms. The Morgan fingerprint density at radius 3 is 2.67 bits per heavy atom. The molecule has 0 amide bonds. The van der Waals surface area contributed by atoms with Crippen LogP contribution in [0.2, 0.25) is 0 Å². The summed E-state index contributed by atoms with van der Waals surface area (Å²) >= 11 is 0. The fraction of sp³-hybridized carbons (Fsp3) is 0.0667. The normalized spacial score (nSPS) is 10.6. The first-order valence-electron chi connectivity index (χ1n) is 6.31. The minimum atomic E-state index is -0.502. The van der Waals surface area contributed by atoms with Crippen molar-refractivity contribution in [1.82, 2.24) is 15.0 Å². The molecular weight excluding hydrogens is 271 g/mol. The number of aryl methyl sites for hydroxylation is 1. The van der Waals surface area contributed by atoms with E-state index in [0.29, 0.717) is 11.5 Å². The van der Waals surface area contributed by atoms with Gasteiger partial charge in [0.25, 0.3) is 0 Å². The molecule has 0 unspecified atom stereocenters. The zero-order valence-electron chi connectivity index (χ0n) is 11.3. The lowest BCUT2D eigenvalue weighted by Gasteiger charge is -2.07. The number of hydrogen-bond acceptors (Lipinski definition) is 4. The molecule has 1 aromatic heterocycles. The lowest BCUT2D eigenvalue weighted by Crippen LogP contribution is -1.91. The van der Waals surface area contributed by atoms with Gasteiger partial charge in [-0.2, -0.15) is 0 Å². The molecule has 0 bridgehead atoms. The Morgan fingerprint density at radius 2 is 1.95 bits per heavy atom. The number of halogens is 1. The van der Waals surface area contributed by atoms with Crippen molar-refractivity contribution in [2.24, 2.45) is 7.05 Å². The Bertz CT molecular complexity index is 785. The smallest absolute Gasteiger partial charge is 0.149 e. The average Bonchev–Trinajstić information content (AvgIpc) is 2.90. The van der Waals surface area contributed by atoms with Gasteiger partial charge >= 0.3 is 0 Å². The number of rotatable bonds is 3. The standard InChI is InChI=1S/C15H13FN4O/c1-20-9-15(18-19-20)10-3-2-4-11(7-10)21-12-5-6-14(17)13(16)8-12/h2-9H,17H2,1H3. The van der Waals surface area contributed by atoms with Crippen LogP contribution in [0.25, 0.3) is 11.3 Å². The molecule has 0 fully saturated rings. The lowest BCUT2D eigenvalue weighted by atomic mass is 10.1. The van der Waals surface area contributed by atoms with Crippen LogP contribution < -0.4 is 10.5 Å². The van der Waals surface area contributed by atoms with Gasteiger partial charge < -0.3 is 10.5 Å². The number of nitrogens with zero attached hydrogens (tertiary/aromatic N) is 3. The third kappa shape index (κ3) is 2.84. The van der Waals surface area contributed by atoms with Gasteiger partial charge in [-0.05, 0) is 24.3 Å². The molecule has 0 spiro atoms. The van der Waals surface area contributed by atoms with Crippen LogP contribution in [0.4, 0.5) is 10.1 Å². The van der Waals surface area contributed by atoms with Gasteiger partial charge in [-0.15, -0.1) is 5.10 Å². The van der Waals surface area contributed by atoms with Gasteiger partial charge in [0.1, 0.15) is 23.0 Å². The van der Waals surface area contributed by atoms with E-state index < -0.39 is 5.82 Å². The second kappa shape index (κ2) is 5.24. The molecule has 0 saturated heterocycles. The van der Waals surface area contributed by atoms with Crippen LogP contribution in [-0.4, -0.2) is 15.0 Å². The maximum atomic E-state index is 13.4. The highest BCUT2D eigenvalue weighted by Gasteiger charge is 2.06. The van der Waals surface area contributed by atoms with E-state index in [2.05, 4.69) is 10.3 Å². The van der Waals surface area contributed by atoms with Gasteiger partial charge in [0.2, 0.25) is 0 Å². The maximum Gasteiger partial charge on any atom is 0.149 e. The van der Waals surface area contributed by atoms with Crippen molar-refractivity contribution in [3.63, 3.8) is 0 Å². The van der Waals surface area contributed by atoms with Crippen LogP contribution in [0.1, 0.15) is 0 Å². The summed E-state index contributed by atoms with van der Waals surface area (Å²) in [5, 5.41) is 7.93. The first kappa shape index (κ1) is 13.1. The SMILES string of the molecule is Cn1cc(-c2cccc(Oc3ccc(N)c(F)c3)c2)nn1. The molecule has 0 atom stereocenters. The molecule has 21 heavy (non-hydrogen) atoms. The van der Waals surface area contributed by atoms with Crippen molar-refractivity contribution in [3.8, 4) is 22.8 Å². The van der Waals surface area contributed by atoms with Gasteiger partial charge in [0.15, 0.2) is 0 Å². The predicted octanol–water partition coefficient (Wildman–Crippen LogP) is 3.00. The van der Waals surface area contributed by atoms with Crippen molar-refractivity contribution in [2.45, 2.75) is 0 Å². The molecule has 0 aliphatic heterocycles. The largest absolute Gasteiger partial charge is 0.457 e. The van der Waals surface area contributed by atoms with Gasteiger partial charge in [0, 0.05) is 18.7 Å². The van der Waals surface area contributed by atoms with Gasteiger partial charge in [-0.3, -0.25) is 4.68 Å². The van der Waals surface area contributed by atoms with Gasteiger partial charge in [0.05, 0.1) is 11.9 Å². The number of aromatic nitrogens is 3. The first-order chi connectivity index (χ1) is 10.1. The Kier molecular flexibility index (Phi) is 3.27. The summed E-state index contributed by atoms with van der Waals surface area (Å²) in [6.07, 6.45) is 1.81. The van der Waals surface area contributed by atoms with Crippen molar-refractivity contribution >= 4 is 5.69 Å². The van der Waals surface area contributed by atoms with Crippen molar-refractivity contribution in [2.75, 3.05) is 5.73 Å². The zero-order valence-corrected chi connectivity index (χ0v) is 11.3. The first-order valence-corrected chi connectivity index (χ1v) is 6.31. The number of anilines is 1. The quantitative estimate of drug-likeness (QED) is 0.751. The summed E-state index contributed by atoms with van der Waals surface area (Å²) in [5.41, 5.74) is 7.14. The number of nitrogens with two attached hydrogens (primary N) is 1. The van der Waals surface area contributed by atoms with E-state index in [1.165, 1.54) is 12.1 Å². The van der Waals surface area contributed by atoms with E-state index in [1.54, 1.807) is 23.9 Å². The highest BCUT2D eigenvalue weighted by atomic mass is 19.1. The molecule has 5 nitrogen and oxygen atoms in total. The lowest BCUT2D eigenvalue weighted by molar-refractivity contribution is 0.477. The third-order valence-corrected chi connectivity index (χ3v) is 2.94. The second-order valence-corrected chi connectivity index (χ2v) is 4.59. The van der Waals surface area contributed by atoms with E-state index in [0.717, 1.165) is 11.3 Å². The van der Waals surface area contributed by atoms with E-state index in [-0.39, 0.29) is 5.69 Å².